The summed E-state index contributed by atoms with van der Waals surface area (Å²) in [5, 5.41) is 3.54. The highest BCUT2D eigenvalue weighted by Crippen LogP contribution is 2.26. The number of hydrogen-bond acceptors (Lipinski definition) is 2. The zero-order valence-electron chi connectivity index (χ0n) is 11.8. The molecule has 0 aromatic heterocycles. The lowest BCUT2D eigenvalue weighted by atomic mass is 10.1. The predicted octanol–water partition coefficient (Wildman–Crippen LogP) is 4.85. The third-order valence-corrected chi connectivity index (χ3v) is 3.79. The molecule has 0 bridgehead atoms. The summed E-state index contributed by atoms with van der Waals surface area (Å²) in [5.41, 5.74) is 1.87. The van der Waals surface area contributed by atoms with Crippen LogP contribution in [-0.2, 0) is 4.79 Å². The molecule has 2 rings (SSSR count). The van der Waals surface area contributed by atoms with Gasteiger partial charge >= 0.3 is 0 Å². The van der Waals surface area contributed by atoms with Gasteiger partial charge in [0, 0.05) is 17.3 Å². The fourth-order valence-corrected chi connectivity index (χ4v) is 2.16. The van der Waals surface area contributed by atoms with Gasteiger partial charge in [-0.1, -0.05) is 35.3 Å². The molecular formula is C17H13Cl2NO2. The second kappa shape index (κ2) is 7.25. The SMILES string of the molecule is CC(=O)c1ccc(NC(=O)/C=C/c2cccc(Cl)c2Cl)cc1. The molecule has 112 valence electrons. The summed E-state index contributed by atoms with van der Waals surface area (Å²) in [6, 6.07) is 11.9. The Morgan fingerprint density at radius 3 is 2.36 bits per heavy atom. The quantitative estimate of drug-likeness (QED) is 0.642. The van der Waals surface area contributed by atoms with E-state index in [1.54, 1.807) is 48.5 Å². The molecule has 1 amide bonds. The molecule has 3 nitrogen and oxygen atoms in total. The highest BCUT2D eigenvalue weighted by atomic mass is 35.5. The summed E-state index contributed by atoms with van der Waals surface area (Å²) in [5.74, 6) is -0.319. The molecule has 0 fully saturated rings. The average molecular weight is 334 g/mol. The number of halogens is 2. The maximum absolute atomic E-state index is 11.9. The minimum Gasteiger partial charge on any atom is -0.323 e. The van der Waals surface area contributed by atoms with Gasteiger partial charge in [-0.15, -0.1) is 0 Å². The van der Waals surface area contributed by atoms with Crippen molar-refractivity contribution in [2.24, 2.45) is 0 Å². The van der Waals surface area contributed by atoms with E-state index in [-0.39, 0.29) is 11.7 Å². The van der Waals surface area contributed by atoms with Crippen LogP contribution in [0.5, 0.6) is 0 Å². The Morgan fingerprint density at radius 2 is 1.73 bits per heavy atom. The van der Waals surface area contributed by atoms with Crippen LogP contribution < -0.4 is 5.32 Å². The van der Waals surface area contributed by atoms with Crippen molar-refractivity contribution in [2.75, 3.05) is 5.32 Å². The molecule has 2 aromatic rings. The number of amides is 1. The Kier molecular flexibility index (Phi) is 5.36. The molecule has 0 aliphatic heterocycles. The van der Waals surface area contributed by atoms with Crippen LogP contribution >= 0.6 is 23.2 Å². The van der Waals surface area contributed by atoms with Crippen molar-refractivity contribution >= 4 is 46.7 Å². The number of anilines is 1. The van der Waals surface area contributed by atoms with Crippen molar-refractivity contribution in [1.82, 2.24) is 0 Å². The topological polar surface area (TPSA) is 46.2 Å². The van der Waals surface area contributed by atoms with Crippen LogP contribution in [-0.4, -0.2) is 11.7 Å². The molecule has 0 radical (unpaired) electrons. The number of rotatable bonds is 4. The van der Waals surface area contributed by atoms with Crippen molar-refractivity contribution in [3.8, 4) is 0 Å². The summed E-state index contributed by atoms with van der Waals surface area (Å²) >= 11 is 11.9. The number of ketones is 1. The molecule has 22 heavy (non-hydrogen) atoms. The van der Waals surface area contributed by atoms with Gasteiger partial charge in [-0.3, -0.25) is 9.59 Å². The summed E-state index contributed by atoms with van der Waals surface area (Å²) in [7, 11) is 0. The fraction of sp³-hybridized carbons (Fsp3) is 0.0588. The molecule has 5 heteroatoms. The molecule has 0 aliphatic rings. The Morgan fingerprint density at radius 1 is 1.05 bits per heavy atom. The van der Waals surface area contributed by atoms with Crippen molar-refractivity contribution in [3.63, 3.8) is 0 Å². The van der Waals surface area contributed by atoms with Crippen LogP contribution in [0.2, 0.25) is 10.0 Å². The third kappa shape index (κ3) is 4.20. The number of carbonyl (C=O) groups is 2. The summed E-state index contributed by atoms with van der Waals surface area (Å²) in [4.78, 5) is 23.0. The Hall–Kier alpha value is -2.10. The van der Waals surface area contributed by atoms with E-state index in [0.717, 1.165) is 0 Å². The Labute approximate surface area is 138 Å². The van der Waals surface area contributed by atoms with E-state index in [0.29, 0.717) is 26.9 Å². The molecule has 0 atom stereocenters. The van der Waals surface area contributed by atoms with Crippen molar-refractivity contribution in [1.29, 1.82) is 0 Å². The van der Waals surface area contributed by atoms with E-state index in [1.807, 2.05) is 0 Å². The number of Topliss-reactive ketones (excluding diaryl/α,β-unsaturated/α-hetero) is 1. The molecule has 0 spiro atoms. The summed E-state index contributed by atoms with van der Waals surface area (Å²) < 4.78 is 0. The first-order chi connectivity index (χ1) is 10.5. The van der Waals surface area contributed by atoms with Gasteiger partial charge in [0.2, 0.25) is 5.91 Å². The first-order valence-corrected chi connectivity index (χ1v) is 7.27. The van der Waals surface area contributed by atoms with E-state index >= 15 is 0 Å². The van der Waals surface area contributed by atoms with Gasteiger partial charge in [0.25, 0.3) is 0 Å². The maximum Gasteiger partial charge on any atom is 0.248 e. The highest BCUT2D eigenvalue weighted by molar-refractivity contribution is 6.42. The first kappa shape index (κ1) is 16.3. The van der Waals surface area contributed by atoms with Crippen LogP contribution in [0.1, 0.15) is 22.8 Å². The van der Waals surface area contributed by atoms with Gasteiger partial charge < -0.3 is 5.32 Å². The van der Waals surface area contributed by atoms with Gasteiger partial charge in [-0.05, 0) is 48.9 Å². The number of nitrogens with one attached hydrogen (secondary N) is 1. The lowest BCUT2D eigenvalue weighted by molar-refractivity contribution is -0.111. The lowest BCUT2D eigenvalue weighted by Crippen LogP contribution is -2.07. The third-order valence-electron chi connectivity index (χ3n) is 2.95. The fourth-order valence-electron chi connectivity index (χ4n) is 1.79. The number of hydrogen-bond donors (Lipinski definition) is 1. The van der Waals surface area contributed by atoms with E-state index < -0.39 is 0 Å². The summed E-state index contributed by atoms with van der Waals surface area (Å²) in [6.07, 6.45) is 2.96. The van der Waals surface area contributed by atoms with Crippen molar-refractivity contribution < 1.29 is 9.59 Å². The van der Waals surface area contributed by atoms with Gasteiger partial charge in [0.1, 0.15) is 0 Å². The molecule has 0 aliphatic carbocycles. The molecule has 0 saturated carbocycles. The van der Waals surface area contributed by atoms with E-state index in [1.165, 1.54) is 13.0 Å². The smallest absolute Gasteiger partial charge is 0.248 e. The molecule has 0 saturated heterocycles. The van der Waals surface area contributed by atoms with E-state index in [4.69, 9.17) is 23.2 Å². The van der Waals surface area contributed by atoms with Gasteiger partial charge in [0.15, 0.2) is 5.78 Å². The molecule has 0 heterocycles. The maximum atomic E-state index is 11.9. The number of carbonyl (C=O) groups excluding carboxylic acids is 2. The Balaban J connectivity index is 2.05. The van der Waals surface area contributed by atoms with Gasteiger partial charge in [-0.2, -0.15) is 0 Å². The minimum atomic E-state index is -0.299. The largest absolute Gasteiger partial charge is 0.323 e. The van der Waals surface area contributed by atoms with Crippen LogP contribution in [0.4, 0.5) is 5.69 Å². The van der Waals surface area contributed by atoms with Crippen LogP contribution in [0, 0.1) is 0 Å². The average Bonchev–Trinajstić information content (AvgIpc) is 2.49. The second-order valence-electron chi connectivity index (χ2n) is 4.60. The van der Waals surface area contributed by atoms with Crippen LogP contribution in [0.3, 0.4) is 0 Å². The van der Waals surface area contributed by atoms with Gasteiger partial charge in [0.05, 0.1) is 10.0 Å². The standard InChI is InChI=1S/C17H13Cl2NO2/c1-11(21)12-5-8-14(9-6-12)20-16(22)10-7-13-3-2-4-15(18)17(13)19/h2-10H,1H3,(H,20,22)/b10-7+. The number of benzene rings is 2. The second-order valence-corrected chi connectivity index (χ2v) is 5.38. The van der Waals surface area contributed by atoms with E-state index in [2.05, 4.69) is 5.32 Å². The normalized spacial score (nSPS) is 10.7. The molecule has 0 unspecified atom stereocenters. The van der Waals surface area contributed by atoms with Crippen LogP contribution in [0.15, 0.2) is 48.5 Å². The minimum absolute atomic E-state index is 0.0200. The zero-order chi connectivity index (χ0) is 16.1. The van der Waals surface area contributed by atoms with E-state index in [9.17, 15) is 9.59 Å². The van der Waals surface area contributed by atoms with Gasteiger partial charge in [-0.25, -0.2) is 0 Å². The molecule has 1 N–H and O–H groups in total. The molecule has 2 aromatic carbocycles. The van der Waals surface area contributed by atoms with Crippen LogP contribution in [0.25, 0.3) is 6.08 Å². The summed E-state index contributed by atoms with van der Waals surface area (Å²) in [6.45, 7) is 1.49. The Bertz CT molecular complexity index is 737. The first-order valence-electron chi connectivity index (χ1n) is 6.51. The lowest BCUT2D eigenvalue weighted by Gasteiger charge is -2.03. The highest BCUT2D eigenvalue weighted by Gasteiger charge is 2.03. The zero-order valence-corrected chi connectivity index (χ0v) is 13.3. The monoisotopic (exact) mass is 333 g/mol. The molecular weight excluding hydrogens is 321 g/mol. The van der Waals surface area contributed by atoms with Crippen molar-refractivity contribution in [3.05, 3.63) is 69.7 Å². The predicted molar refractivity (Wildman–Crippen MR) is 90.6 cm³/mol. The van der Waals surface area contributed by atoms with Crippen molar-refractivity contribution in [2.45, 2.75) is 6.92 Å².